The van der Waals surface area contributed by atoms with E-state index in [2.05, 4.69) is 35.6 Å². The number of hydrogen-bond donors (Lipinski definition) is 2. The molecule has 0 radical (unpaired) electrons. The number of carbonyl (C=O) groups is 1. The van der Waals surface area contributed by atoms with Crippen molar-refractivity contribution >= 4 is 29.1 Å². The fourth-order valence-corrected chi connectivity index (χ4v) is 2.29. The maximum Gasteiger partial charge on any atom is 0.220 e. The Balaban J connectivity index is 0.00000220. The summed E-state index contributed by atoms with van der Waals surface area (Å²) in [6, 6.07) is 14.7. The molecule has 0 fully saturated rings. The summed E-state index contributed by atoms with van der Waals surface area (Å²) >= 11 is 0. The number of benzene rings is 2. The molecular weight excluding hydrogens is 284 g/mol. The van der Waals surface area contributed by atoms with Crippen molar-refractivity contribution in [1.82, 2.24) is 5.32 Å². The Morgan fingerprint density at radius 2 is 1.90 bits per heavy atom. The molecule has 0 bridgehead atoms. The zero-order chi connectivity index (χ0) is 14.4. The summed E-state index contributed by atoms with van der Waals surface area (Å²) in [5.74, 6) is 0.0857. The molecule has 1 atom stereocenters. The van der Waals surface area contributed by atoms with E-state index in [1.54, 1.807) is 0 Å². The van der Waals surface area contributed by atoms with Crippen molar-refractivity contribution in [2.75, 3.05) is 6.54 Å². The third-order valence-corrected chi connectivity index (χ3v) is 3.42. The topological polar surface area (TPSA) is 55.1 Å². The van der Waals surface area contributed by atoms with E-state index < -0.39 is 0 Å². The molecule has 0 aliphatic rings. The summed E-state index contributed by atoms with van der Waals surface area (Å²) in [6.45, 7) is 2.59. The summed E-state index contributed by atoms with van der Waals surface area (Å²) in [6.07, 6.45) is 2.10. The molecule has 2 rings (SSSR count). The van der Waals surface area contributed by atoms with Gasteiger partial charge in [0.15, 0.2) is 0 Å². The van der Waals surface area contributed by atoms with Gasteiger partial charge in [-0.25, -0.2) is 0 Å². The number of amides is 1. The molecule has 0 heterocycles. The van der Waals surface area contributed by atoms with Gasteiger partial charge in [0.25, 0.3) is 0 Å². The number of rotatable bonds is 6. The van der Waals surface area contributed by atoms with Crippen molar-refractivity contribution in [2.45, 2.75) is 32.2 Å². The zero-order valence-corrected chi connectivity index (χ0v) is 13.2. The second-order valence-electron chi connectivity index (χ2n) is 5.25. The molecule has 0 aromatic heterocycles. The summed E-state index contributed by atoms with van der Waals surface area (Å²) in [7, 11) is 0. The van der Waals surface area contributed by atoms with Crippen LogP contribution in [0.3, 0.4) is 0 Å². The molecule has 2 aromatic rings. The third kappa shape index (κ3) is 5.37. The van der Waals surface area contributed by atoms with Crippen LogP contribution in [0.1, 0.15) is 25.3 Å². The van der Waals surface area contributed by atoms with Gasteiger partial charge in [0.1, 0.15) is 0 Å². The largest absolute Gasteiger partial charge is 0.356 e. The van der Waals surface area contributed by atoms with E-state index in [0.29, 0.717) is 13.0 Å². The lowest BCUT2D eigenvalue weighted by molar-refractivity contribution is -0.121. The molecule has 3 nitrogen and oxygen atoms in total. The van der Waals surface area contributed by atoms with Crippen molar-refractivity contribution in [3.8, 4) is 0 Å². The number of nitrogens with two attached hydrogens (primary N) is 1. The molecule has 0 spiro atoms. The second kappa shape index (κ2) is 8.65. The van der Waals surface area contributed by atoms with Gasteiger partial charge in [-0.15, -0.1) is 12.4 Å². The Morgan fingerprint density at radius 1 is 1.19 bits per heavy atom. The lowest BCUT2D eigenvalue weighted by atomic mass is 10.0. The minimum absolute atomic E-state index is 0. The molecule has 4 heteroatoms. The fourth-order valence-electron chi connectivity index (χ4n) is 2.29. The van der Waals surface area contributed by atoms with Crippen LogP contribution in [0.5, 0.6) is 0 Å². The van der Waals surface area contributed by atoms with Gasteiger partial charge in [0, 0.05) is 19.0 Å². The van der Waals surface area contributed by atoms with Crippen LogP contribution in [0.15, 0.2) is 42.5 Å². The molecule has 3 N–H and O–H groups in total. The van der Waals surface area contributed by atoms with Crippen LogP contribution < -0.4 is 11.1 Å². The SMILES string of the molecule is CC(N)CCC(=O)NCCc1cccc2ccccc12.Cl. The molecule has 0 aliphatic heterocycles. The molecule has 2 aromatic carbocycles. The van der Waals surface area contributed by atoms with Crippen molar-refractivity contribution in [3.63, 3.8) is 0 Å². The molecule has 0 saturated heterocycles. The van der Waals surface area contributed by atoms with Gasteiger partial charge in [0.05, 0.1) is 0 Å². The van der Waals surface area contributed by atoms with Crippen LogP contribution in [-0.4, -0.2) is 18.5 Å². The maximum absolute atomic E-state index is 11.6. The van der Waals surface area contributed by atoms with Crippen molar-refractivity contribution in [1.29, 1.82) is 0 Å². The van der Waals surface area contributed by atoms with Gasteiger partial charge < -0.3 is 11.1 Å². The van der Waals surface area contributed by atoms with Gasteiger partial charge in [-0.1, -0.05) is 42.5 Å². The first kappa shape index (κ1) is 17.5. The van der Waals surface area contributed by atoms with Gasteiger partial charge in [-0.3, -0.25) is 4.79 Å². The van der Waals surface area contributed by atoms with E-state index in [0.717, 1.165) is 12.8 Å². The average molecular weight is 307 g/mol. The van der Waals surface area contributed by atoms with Crippen molar-refractivity contribution in [3.05, 3.63) is 48.0 Å². The first-order chi connectivity index (χ1) is 9.66. The Bertz CT molecular complexity index is 579. The van der Waals surface area contributed by atoms with Crippen LogP contribution >= 0.6 is 12.4 Å². The monoisotopic (exact) mass is 306 g/mol. The number of carbonyl (C=O) groups excluding carboxylic acids is 1. The first-order valence-corrected chi connectivity index (χ1v) is 7.16. The Labute approximate surface area is 132 Å². The minimum atomic E-state index is 0. The number of hydrogen-bond acceptors (Lipinski definition) is 2. The van der Waals surface area contributed by atoms with Gasteiger partial charge in [0.2, 0.25) is 5.91 Å². The molecule has 0 aliphatic carbocycles. The summed E-state index contributed by atoms with van der Waals surface area (Å²) in [5, 5.41) is 5.46. The van der Waals surface area contributed by atoms with E-state index in [-0.39, 0.29) is 24.4 Å². The normalized spacial score (nSPS) is 11.7. The zero-order valence-electron chi connectivity index (χ0n) is 12.3. The maximum atomic E-state index is 11.6. The third-order valence-electron chi connectivity index (χ3n) is 3.42. The van der Waals surface area contributed by atoms with Crippen LogP contribution in [0.2, 0.25) is 0 Å². The lowest BCUT2D eigenvalue weighted by Gasteiger charge is -2.09. The van der Waals surface area contributed by atoms with Crippen molar-refractivity contribution in [2.24, 2.45) is 5.73 Å². The predicted octanol–water partition coefficient (Wildman–Crippen LogP) is 3.05. The van der Waals surface area contributed by atoms with E-state index in [1.165, 1.54) is 16.3 Å². The quantitative estimate of drug-likeness (QED) is 0.862. The van der Waals surface area contributed by atoms with E-state index in [1.807, 2.05) is 19.1 Å². The molecular formula is C17H23ClN2O. The minimum Gasteiger partial charge on any atom is -0.356 e. The summed E-state index contributed by atoms with van der Waals surface area (Å²) in [5.41, 5.74) is 6.92. The molecule has 1 unspecified atom stereocenters. The van der Waals surface area contributed by atoms with Crippen LogP contribution in [0, 0.1) is 0 Å². The van der Waals surface area contributed by atoms with Crippen molar-refractivity contribution < 1.29 is 4.79 Å². The smallest absolute Gasteiger partial charge is 0.220 e. The fraction of sp³-hybridized carbons (Fsp3) is 0.353. The number of fused-ring (bicyclic) bond motifs is 1. The summed E-state index contributed by atoms with van der Waals surface area (Å²) < 4.78 is 0. The van der Waals surface area contributed by atoms with E-state index >= 15 is 0 Å². The molecule has 1 amide bonds. The highest BCUT2D eigenvalue weighted by atomic mass is 35.5. The van der Waals surface area contributed by atoms with Gasteiger partial charge >= 0.3 is 0 Å². The van der Waals surface area contributed by atoms with Crippen LogP contribution in [0.25, 0.3) is 10.8 Å². The molecule has 21 heavy (non-hydrogen) atoms. The van der Waals surface area contributed by atoms with E-state index in [4.69, 9.17) is 5.73 Å². The highest BCUT2D eigenvalue weighted by Crippen LogP contribution is 2.18. The van der Waals surface area contributed by atoms with Gasteiger partial charge in [-0.05, 0) is 36.1 Å². The van der Waals surface area contributed by atoms with Gasteiger partial charge in [-0.2, -0.15) is 0 Å². The first-order valence-electron chi connectivity index (χ1n) is 7.16. The van der Waals surface area contributed by atoms with Crippen LogP contribution in [-0.2, 0) is 11.2 Å². The number of halogens is 1. The predicted molar refractivity (Wildman–Crippen MR) is 90.8 cm³/mol. The average Bonchev–Trinajstić information content (AvgIpc) is 2.45. The Kier molecular flexibility index (Phi) is 7.20. The lowest BCUT2D eigenvalue weighted by Crippen LogP contribution is -2.27. The van der Waals surface area contributed by atoms with E-state index in [9.17, 15) is 4.79 Å². The molecule has 114 valence electrons. The second-order valence-corrected chi connectivity index (χ2v) is 5.25. The number of nitrogens with one attached hydrogen (secondary N) is 1. The standard InChI is InChI=1S/C17H22N2O.ClH/c1-13(18)9-10-17(20)19-12-11-15-7-4-6-14-5-2-3-8-16(14)15;/h2-8,13H,9-12,18H2,1H3,(H,19,20);1H. The highest BCUT2D eigenvalue weighted by Gasteiger charge is 2.04. The highest BCUT2D eigenvalue weighted by molar-refractivity contribution is 5.86. The molecule has 0 saturated carbocycles. The van der Waals surface area contributed by atoms with Crippen LogP contribution in [0.4, 0.5) is 0 Å². The Morgan fingerprint density at radius 3 is 2.67 bits per heavy atom. The summed E-state index contributed by atoms with van der Waals surface area (Å²) in [4.78, 5) is 11.6. The Hall–Kier alpha value is -1.58.